The summed E-state index contributed by atoms with van der Waals surface area (Å²) < 4.78 is 46.2. The van der Waals surface area contributed by atoms with Gasteiger partial charge in [-0.3, -0.25) is 14.4 Å². The lowest BCUT2D eigenvalue weighted by Gasteiger charge is -2.64. The molecule has 4 heterocycles. The van der Waals surface area contributed by atoms with Gasteiger partial charge in [0.1, 0.15) is 56.8 Å². The van der Waals surface area contributed by atoms with E-state index in [1.54, 1.807) is 83.1 Å². The van der Waals surface area contributed by atoms with E-state index in [4.69, 9.17) is 37.3 Å². The molecule has 4 aliphatic carbocycles. The summed E-state index contributed by atoms with van der Waals surface area (Å²) >= 11 is 0. The van der Waals surface area contributed by atoms with Crippen molar-refractivity contribution in [2.75, 3.05) is 21.3 Å². The minimum atomic E-state index is -1.17. The molecule has 1 N–H and O–H groups in total. The van der Waals surface area contributed by atoms with Gasteiger partial charge in [-0.05, 0) is 107 Å². The van der Waals surface area contributed by atoms with Gasteiger partial charge in [0.25, 0.3) is 0 Å². The van der Waals surface area contributed by atoms with Crippen LogP contribution in [0.4, 0.5) is 0 Å². The third-order valence-corrected chi connectivity index (χ3v) is 15.3. The van der Waals surface area contributed by atoms with Gasteiger partial charge in [0.15, 0.2) is 11.5 Å². The van der Waals surface area contributed by atoms with Crippen molar-refractivity contribution in [1.82, 2.24) is 0 Å². The Balaban J connectivity index is 0.000000165. The number of rotatable bonds is 6. The first kappa shape index (κ1) is 43.2. The molecule has 2 aromatic carbocycles. The lowest BCUT2D eigenvalue weighted by Crippen LogP contribution is -2.70. The smallest absolute Gasteiger partial charge is 0.347 e. The maximum absolute atomic E-state index is 14.3. The van der Waals surface area contributed by atoms with Crippen molar-refractivity contribution in [3.05, 3.63) is 100 Å². The van der Waals surface area contributed by atoms with Gasteiger partial charge in [0.05, 0.1) is 56.4 Å². The third kappa shape index (κ3) is 5.71. The number of carbonyl (C=O) groups is 3. The highest BCUT2D eigenvalue weighted by Crippen LogP contribution is 2.81. The van der Waals surface area contributed by atoms with Gasteiger partial charge in [0, 0.05) is 29.7 Å². The van der Waals surface area contributed by atoms with Crippen molar-refractivity contribution in [3.8, 4) is 34.1 Å². The monoisotopic (exact) mass is 874 g/mol. The van der Waals surface area contributed by atoms with Crippen molar-refractivity contribution in [2.45, 2.75) is 97.6 Å². The number of hydrogen-bond acceptors (Lipinski definition) is 13. The van der Waals surface area contributed by atoms with E-state index < -0.39 is 62.3 Å². The molecular formula is C51H54O13. The zero-order valence-corrected chi connectivity index (χ0v) is 38.0. The fraction of sp³-hybridized carbons (Fsp3) is 0.451. The van der Waals surface area contributed by atoms with Gasteiger partial charge in [-0.1, -0.05) is 32.1 Å². The Morgan fingerprint density at radius 3 is 2.20 bits per heavy atom. The van der Waals surface area contributed by atoms with E-state index in [1.165, 1.54) is 14.0 Å². The molecule has 10 rings (SSSR count). The predicted molar refractivity (Wildman–Crippen MR) is 236 cm³/mol. The van der Waals surface area contributed by atoms with Gasteiger partial charge in [-0.25, -0.2) is 4.79 Å². The topological polar surface area (TPSA) is 173 Å². The van der Waals surface area contributed by atoms with Gasteiger partial charge < -0.3 is 42.4 Å². The summed E-state index contributed by atoms with van der Waals surface area (Å²) in [6.07, 6.45) is 11.1. The summed E-state index contributed by atoms with van der Waals surface area (Å²) in [5.74, 6) is 0.357. The molecule has 6 aliphatic rings. The number of ether oxygens (including phenoxy) is 6. The molecule has 336 valence electrons. The average Bonchev–Trinajstić information content (AvgIpc) is 3.60. The SMILES string of the molecule is CC(=O)OC1CC2(C)C(c3ccoc3)CC3OC32C2(C)C(=O)C(O)=C3C(C)(C)C(=O)C=CC3(C)C12.COc1ccc(-c2c(OC)c3c(OC)c4c(cc3oc2=O)OC(C)(C)C=C4)cc1. The summed E-state index contributed by atoms with van der Waals surface area (Å²) in [5.41, 5.74) is -1.95. The Bertz CT molecular complexity index is 2790. The highest BCUT2D eigenvalue weighted by atomic mass is 16.6. The minimum Gasteiger partial charge on any atom is -0.504 e. The first-order valence-electron chi connectivity index (χ1n) is 21.5. The Hall–Kier alpha value is -6.08. The van der Waals surface area contributed by atoms with Crippen LogP contribution < -0.4 is 24.6 Å². The first-order chi connectivity index (χ1) is 30.1. The molecule has 1 saturated heterocycles. The van der Waals surface area contributed by atoms with E-state index in [2.05, 4.69) is 6.92 Å². The van der Waals surface area contributed by atoms with Gasteiger partial charge in [-0.15, -0.1) is 0 Å². The second kappa shape index (κ2) is 14.2. The fourth-order valence-corrected chi connectivity index (χ4v) is 12.8. The quantitative estimate of drug-likeness (QED) is 0.111. The van der Waals surface area contributed by atoms with Crippen molar-refractivity contribution >= 4 is 34.6 Å². The third-order valence-electron chi connectivity index (χ3n) is 15.3. The van der Waals surface area contributed by atoms with Crippen LogP contribution in [0.1, 0.15) is 85.3 Å². The summed E-state index contributed by atoms with van der Waals surface area (Å²) in [7, 11) is 4.68. The number of allylic oxidation sites excluding steroid dienone is 4. The normalized spacial score (nSPS) is 32.2. The zero-order chi connectivity index (χ0) is 46.1. The fourth-order valence-electron chi connectivity index (χ4n) is 12.8. The number of aliphatic hydroxyl groups is 1. The molecule has 0 radical (unpaired) electrons. The van der Waals surface area contributed by atoms with E-state index >= 15 is 0 Å². The Kier molecular flexibility index (Phi) is 9.59. The van der Waals surface area contributed by atoms with E-state index in [1.807, 2.05) is 45.9 Å². The number of furan rings is 1. The highest BCUT2D eigenvalue weighted by Gasteiger charge is 2.89. The van der Waals surface area contributed by atoms with Crippen LogP contribution in [0.25, 0.3) is 28.2 Å². The molecular weight excluding hydrogens is 821 g/mol. The van der Waals surface area contributed by atoms with E-state index in [0.717, 1.165) is 11.1 Å². The highest BCUT2D eigenvalue weighted by molar-refractivity contribution is 6.06. The standard InChI is InChI=1S/C28H32O7.C23H22O6/c1-14(29)34-17-12-26(5)16(15-8-10-33-13-15)11-19-28(26,35-19)27(6)21(17)25(4)9-7-18(30)24(2,3)22(25)20(31)23(27)32;1-23(2)11-10-15-16(29-23)12-17-19(20(15)26-4)21(27-5)18(22(24)28-17)13-6-8-14(25-3)9-7-13/h7-10,13,16-17,19,21,31H,11-12H2,1-6H3;6-12H,1-5H3. The predicted octanol–water partition coefficient (Wildman–Crippen LogP) is 9.10. The summed E-state index contributed by atoms with van der Waals surface area (Å²) in [6.45, 7) is 14.7. The van der Waals surface area contributed by atoms with Crippen molar-refractivity contribution < 1.29 is 56.7 Å². The molecule has 0 amide bonds. The van der Waals surface area contributed by atoms with E-state index in [9.17, 15) is 24.3 Å². The van der Waals surface area contributed by atoms with Crippen molar-refractivity contribution in [1.29, 1.82) is 0 Å². The van der Waals surface area contributed by atoms with E-state index in [0.29, 0.717) is 63.5 Å². The number of hydrogen-bond donors (Lipinski definition) is 1. The molecule has 13 nitrogen and oxygen atoms in total. The number of Topliss-reactive ketones (excluding diaryl/α,β-unsaturated/α-hetero) is 1. The second-order valence-corrected chi connectivity index (χ2v) is 19.6. The van der Waals surface area contributed by atoms with Crippen molar-refractivity contribution in [3.63, 3.8) is 0 Å². The maximum Gasteiger partial charge on any atom is 0.347 e. The minimum absolute atomic E-state index is 0.0453. The molecule has 8 unspecified atom stereocenters. The van der Waals surface area contributed by atoms with Crippen LogP contribution >= 0.6 is 0 Å². The summed E-state index contributed by atoms with van der Waals surface area (Å²) in [4.78, 5) is 52.5. The summed E-state index contributed by atoms with van der Waals surface area (Å²) in [6, 6.07) is 10.8. The molecule has 4 aromatic rings. The van der Waals surface area contributed by atoms with Gasteiger partial charge in [0.2, 0.25) is 5.78 Å². The Labute approximate surface area is 371 Å². The average molecular weight is 875 g/mol. The van der Waals surface area contributed by atoms with Crippen LogP contribution in [-0.4, -0.2) is 67.4 Å². The zero-order valence-electron chi connectivity index (χ0n) is 38.0. The van der Waals surface area contributed by atoms with Gasteiger partial charge >= 0.3 is 11.6 Å². The number of methoxy groups -OCH3 is 3. The molecule has 3 fully saturated rings. The number of aliphatic hydroxyl groups excluding tert-OH is 1. The second-order valence-electron chi connectivity index (χ2n) is 19.6. The molecule has 1 spiro atoms. The van der Waals surface area contributed by atoms with Crippen LogP contribution in [0.15, 0.2) is 92.1 Å². The number of fused-ring (bicyclic) bond motifs is 5. The number of esters is 1. The molecule has 2 aromatic heterocycles. The molecule has 64 heavy (non-hydrogen) atoms. The van der Waals surface area contributed by atoms with Crippen LogP contribution in [0, 0.1) is 27.6 Å². The molecule has 2 saturated carbocycles. The number of epoxide rings is 1. The molecule has 2 aliphatic heterocycles. The van der Waals surface area contributed by atoms with E-state index in [-0.39, 0.29) is 23.6 Å². The first-order valence-corrected chi connectivity index (χ1v) is 21.5. The summed E-state index contributed by atoms with van der Waals surface area (Å²) in [5, 5.41) is 12.1. The number of ketones is 2. The molecule has 8 atom stereocenters. The van der Waals surface area contributed by atoms with Crippen LogP contribution in [0.2, 0.25) is 0 Å². The van der Waals surface area contributed by atoms with Crippen molar-refractivity contribution in [2.24, 2.45) is 27.6 Å². The molecule has 13 heteroatoms. The Morgan fingerprint density at radius 1 is 0.875 bits per heavy atom. The lowest BCUT2D eigenvalue weighted by atomic mass is 9.38. The van der Waals surface area contributed by atoms with Gasteiger partial charge in [-0.2, -0.15) is 0 Å². The van der Waals surface area contributed by atoms with Crippen LogP contribution in [-0.2, 0) is 23.9 Å². The lowest BCUT2D eigenvalue weighted by molar-refractivity contribution is -0.200. The molecule has 0 bridgehead atoms. The van der Waals surface area contributed by atoms with Crippen LogP contribution in [0.3, 0.4) is 0 Å². The number of benzene rings is 2. The number of carbonyl (C=O) groups excluding carboxylic acids is 3. The largest absolute Gasteiger partial charge is 0.504 e. The van der Waals surface area contributed by atoms with Crippen LogP contribution in [0.5, 0.6) is 23.0 Å². The maximum atomic E-state index is 14.3. The Morgan fingerprint density at radius 2 is 1.58 bits per heavy atom.